The minimum Gasteiger partial charge on any atom is -0.452 e. The van der Waals surface area contributed by atoms with E-state index in [0.717, 1.165) is 0 Å². The lowest BCUT2D eigenvalue weighted by molar-refractivity contribution is -0.135. The fraction of sp³-hybridized carbons (Fsp3) is 0.619. The van der Waals surface area contributed by atoms with Crippen molar-refractivity contribution in [2.24, 2.45) is 11.8 Å². The molecule has 0 aliphatic rings. The summed E-state index contributed by atoms with van der Waals surface area (Å²) < 4.78 is 31.6. The summed E-state index contributed by atoms with van der Waals surface area (Å²) in [6.45, 7) is 12.4. The summed E-state index contributed by atoms with van der Waals surface area (Å²) in [4.78, 5) is 26.6. The molecule has 0 bridgehead atoms. The Hall–Kier alpha value is -1.93. The summed E-state index contributed by atoms with van der Waals surface area (Å²) >= 11 is 0. The number of carbonyl (C=O) groups excluding carboxylic acids is 2. The average molecular weight is 427 g/mol. The van der Waals surface area contributed by atoms with Crippen molar-refractivity contribution < 1.29 is 22.7 Å². The van der Waals surface area contributed by atoms with Gasteiger partial charge in [0.25, 0.3) is 5.91 Å². The van der Waals surface area contributed by atoms with Crippen LogP contribution in [-0.2, 0) is 19.6 Å². The van der Waals surface area contributed by atoms with Crippen LogP contribution in [0.15, 0.2) is 29.2 Å². The molecule has 164 valence electrons. The van der Waals surface area contributed by atoms with Crippen molar-refractivity contribution in [2.75, 3.05) is 26.7 Å². The smallest absolute Gasteiger partial charge is 0.338 e. The monoisotopic (exact) mass is 426 g/mol. The number of hydrogen-bond donors (Lipinski definition) is 0. The van der Waals surface area contributed by atoms with E-state index in [4.69, 9.17) is 4.74 Å². The summed E-state index contributed by atoms with van der Waals surface area (Å²) in [6.07, 6.45) is 0. The van der Waals surface area contributed by atoms with Crippen molar-refractivity contribution in [1.82, 2.24) is 9.21 Å². The molecule has 29 heavy (non-hydrogen) atoms. The number of nitrogens with zero attached hydrogens (tertiary/aromatic N) is 2. The number of sulfonamides is 1. The highest BCUT2D eigenvalue weighted by Crippen LogP contribution is 2.18. The van der Waals surface area contributed by atoms with Gasteiger partial charge in [-0.1, -0.05) is 33.8 Å². The van der Waals surface area contributed by atoms with Crippen LogP contribution in [0.4, 0.5) is 0 Å². The molecule has 8 heteroatoms. The number of amides is 1. The Balaban J connectivity index is 2.89. The lowest BCUT2D eigenvalue weighted by Gasteiger charge is -2.26. The van der Waals surface area contributed by atoms with Crippen LogP contribution in [-0.4, -0.2) is 62.3 Å². The highest BCUT2D eigenvalue weighted by atomic mass is 32.2. The van der Waals surface area contributed by atoms with E-state index in [2.05, 4.69) is 0 Å². The summed E-state index contributed by atoms with van der Waals surface area (Å²) in [5, 5.41) is 0. The molecule has 0 heterocycles. The van der Waals surface area contributed by atoms with E-state index in [0.29, 0.717) is 24.9 Å². The Labute approximate surface area is 175 Å². The Morgan fingerprint density at radius 1 is 1.00 bits per heavy atom. The minimum absolute atomic E-state index is 0.00992. The molecule has 0 N–H and O–H groups in total. The van der Waals surface area contributed by atoms with E-state index in [1.807, 2.05) is 27.7 Å². The maximum absolute atomic E-state index is 12.6. The molecule has 0 unspecified atom stereocenters. The molecule has 0 spiro atoms. The Bertz CT molecular complexity index is 793. The molecule has 1 aromatic rings. The average Bonchev–Trinajstić information content (AvgIpc) is 2.63. The first-order valence-electron chi connectivity index (χ1n) is 9.89. The second-order valence-corrected chi connectivity index (χ2v) is 10.3. The van der Waals surface area contributed by atoms with E-state index in [-0.39, 0.29) is 29.0 Å². The number of ether oxygens (including phenoxy) is 1. The molecule has 0 radical (unpaired) electrons. The highest BCUT2D eigenvalue weighted by Gasteiger charge is 2.24. The first kappa shape index (κ1) is 25.1. The summed E-state index contributed by atoms with van der Waals surface area (Å²) in [7, 11) is -2.23. The Morgan fingerprint density at radius 2 is 1.55 bits per heavy atom. The minimum atomic E-state index is -3.72. The third kappa shape index (κ3) is 7.44. The van der Waals surface area contributed by atoms with Gasteiger partial charge in [-0.25, -0.2) is 13.2 Å². The van der Waals surface area contributed by atoms with E-state index in [1.54, 1.807) is 18.7 Å². The van der Waals surface area contributed by atoms with Crippen LogP contribution in [0, 0.1) is 11.8 Å². The zero-order valence-electron chi connectivity index (χ0n) is 18.5. The van der Waals surface area contributed by atoms with E-state index in [1.165, 1.54) is 35.6 Å². The maximum Gasteiger partial charge on any atom is 0.338 e. The molecule has 0 atom stereocenters. The van der Waals surface area contributed by atoms with Gasteiger partial charge in [0, 0.05) is 26.2 Å². The van der Waals surface area contributed by atoms with Crippen molar-refractivity contribution in [3.8, 4) is 0 Å². The Morgan fingerprint density at radius 3 is 2.03 bits per heavy atom. The number of carbonyl (C=O) groups is 2. The van der Waals surface area contributed by atoms with Crippen LogP contribution in [0.25, 0.3) is 0 Å². The number of esters is 1. The van der Waals surface area contributed by atoms with Gasteiger partial charge < -0.3 is 9.64 Å². The molecule has 7 nitrogen and oxygen atoms in total. The molecular weight excluding hydrogens is 392 g/mol. The zero-order chi connectivity index (χ0) is 22.4. The SMILES string of the molecule is CC(C)CN(CC(C)C)C(=O)COC(=O)c1cccc(S(=O)(=O)N(C)C(C)C)c1. The van der Waals surface area contributed by atoms with Gasteiger partial charge in [0.05, 0.1) is 10.5 Å². The van der Waals surface area contributed by atoms with E-state index < -0.39 is 16.0 Å². The summed E-state index contributed by atoms with van der Waals surface area (Å²) in [5.41, 5.74) is 0.0929. The van der Waals surface area contributed by atoms with Crippen molar-refractivity contribution >= 4 is 21.9 Å². The van der Waals surface area contributed by atoms with E-state index >= 15 is 0 Å². The van der Waals surface area contributed by atoms with Gasteiger partial charge in [0.2, 0.25) is 10.0 Å². The van der Waals surface area contributed by atoms with Gasteiger partial charge in [0.1, 0.15) is 0 Å². The largest absolute Gasteiger partial charge is 0.452 e. The van der Waals surface area contributed by atoms with Crippen LogP contribution < -0.4 is 0 Å². The molecule has 0 fully saturated rings. The number of rotatable bonds is 10. The fourth-order valence-electron chi connectivity index (χ4n) is 2.69. The molecule has 0 saturated carbocycles. The van der Waals surface area contributed by atoms with Gasteiger partial charge >= 0.3 is 5.97 Å². The molecule has 0 aliphatic heterocycles. The normalized spacial score (nSPS) is 12.1. The third-order valence-electron chi connectivity index (χ3n) is 4.32. The lowest BCUT2D eigenvalue weighted by Crippen LogP contribution is -2.39. The summed E-state index contributed by atoms with van der Waals surface area (Å²) in [5.74, 6) is -0.387. The quantitative estimate of drug-likeness (QED) is 0.537. The van der Waals surface area contributed by atoms with Crippen LogP contribution in [0.2, 0.25) is 0 Å². The predicted molar refractivity (Wildman–Crippen MR) is 113 cm³/mol. The molecule has 0 aromatic heterocycles. The van der Waals surface area contributed by atoms with Gasteiger partial charge in [0.15, 0.2) is 6.61 Å². The first-order chi connectivity index (χ1) is 13.4. The van der Waals surface area contributed by atoms with Crippen LogP contribution in [0.5, 0.6) is 0 Å². The second kappa shape index (κ2) is 10.7. The van der Waals surface area contributed by atoms with Gasteiger partial charge in [-0.15, -0.1) is 0 Å². The van der Waals surface area contributed by atoms with Crippen molar-refractivity contribution in [1.29, 1.82) is 0 Å². The predicted octanol–water partition coefficient (Wildman–Crippen LogP) is 3.01. The van der Waals surface area contributed by atoms with Crippen molar-refractivity contribution in [3.05, 3.63) is 29.8 Å². The molecule has 0 saturated heterocycles. The van der Waals surface area contributed by atoms with Crippen molar-refractivity contribution in [2.45, 2.75) is 52.5 Å². The van der Waals surface area contributed by atoms with E-state index in [9.17, 15) is 18.0 Å². The van der Waals surface area contributed by atoms with Crippen LogP contribution in [0.1, 0.15) is 51.9 Å². The van der Waals surface area contributed by atoms with Gasteiger partial charge in [-0.05, 0) is 43.9 Å². The number of hydrogen-bond acceptors (Lipinski definition) is 5. The molecule has 1 amide bonds. The topological polar surface area (TPSA) is 84.0 Å². The van der Waals surface area contributed by atoms with Gasteiger partial charge in [-0.2, -0.15) is 4.31 Å². The van der Waals surface area contributed by atoms with Gasteiger partial charge in [-0.3, -0.25) is 4.79 Å². The molecule has 0 aliphatic carbocycles. The molecule has 1 aromatic carbocycles. The van der Waals surface area contributed by atoms with Crippen molar-refractivity contribution in [3.63, 3.8) is 0 Å². The zero-order valence-corrected chi connectivity index (χ0v) is 19.3. The Kier molecular flexibility index (Phi) is 9.29. The second-order valence-electron chi connectivity index (χ2n) is 8.31. The fourth-order valence-corrected chi connectivity index (χ4v) is 4.10. The third-order valence-corrected chi connectivity index (χ3v) is 6.35. The standard InChI is InChI=1S/C21H34N2O5S/c1-15(2)12-23(13-16(3)4)20(24)14-28-21(25)18-9-8-10-19(11-18)29(26,27)22(7)17(5)6/h8-11,15-17H,12-14H2,1-7H3. The van der Waals surface area contributed by atoms with Crippen LogP contribution >= 0.6 is 0 Å². The lowest BCUT2D eigenvalue weighted by atomic mass is 10.1. The van der Waals surface area contributed by atoms with Crippen LogP contribution in [0.3, 0.4) is 0 Å². The highest BCUT2D eigenvalue weighted by molar-refractivity contribution is 7.89. The first-order valence-corrected chi connectivity index (χ1v) is 11.3. The maximum atomic E-state index is 12.6. The number of benzene rings is 1. The summed E-state index contributed by atoms with van der Waals surface area (Å²) in [6, 6.07) is 5.45. The molecule has 1 rings (SSSR count). The molecular formula is C21H34N2O5S.